The van der Waals surface area contributed by atoms with Gasteiger partial charge >= 0.3 is 0 Å². The zero-order chi connectivity index (χ0) is 16.0. The zero-order valence-electron chi connectivity index (χ0n) is 13.6. The minimum Gasteiger partial charge on any atom is -0.304 e. The number of hydrogen-bond acceptors (Lipinski definition) is 3. The Labute approximate surface area is 134 Å². The molecule has 0 amide bonds. The van der Waals surface area contributed by atoms with Crippen LogP contribution < -0.4 is 5.56 Å². The van der Waals surface area contributed by atoms with Crippen molar-refractivity contribution in [1.82, 2.24) is 14.4 Å². The van der Waals surface area contributed by atoms with E-state index in [-0.39, 0.29) is 16.4 Å². The van der Waals surface area contributed by atoms with Crippen molar-refractivity contribution >= 4 is 16.6 Å². The first-order chi connectivity index (χ1) is 10.9. The van der Waals surface area contributed by atoms with Crippen molar-refractivity contribution in [2.24, 2.45) is 5.41 Å². The molecule has 0 spiro atoms. The molecule has 0 N–H and O–H groups in total. The van der Waals surface area contributed by atoms with E-state index < -0.39 is 0 Å². The van der Waals surface area contributed by atoms with Gasteiger partial charge in [0.05, 0.1) is 5.52 Å². The van der Waals surface area contributed by atoms with Crippen molar-refractivity contribution in [3.05, 3.63) is 52.2 Å². The molecular weight excluding hydrogens is 286 g/mol. The topological polar surface area (TPSA) is 47.3 Å². The Morgan fingerprint density at radius 1 is 1.26 bits per heavy atom. The molecule has 0 radical (unpaired) electrons. The van der Waals surface area contributed by atoms with E-state index in [0.717, 1.165) is 16.6 Å². The summed E-state index contributed by atoms with van der Waals surface area (Å²) in [6.45, 7) is 7.12. The lowest BCUT2D eigenvalue weighted by molar-refractivity contribution is 0.226. The maximum atomic E-state index is 11.8. The second kappa shape index (κ2) is 3.81. The number of rotatable bonds is 0. The Kier molecular flexibility index (Phi) is 2.19. The van der Waals surface area contributed by atoms with Crippen LogP contribution in [-0.4, -0.2) is 14.4 Å². The van der Waals surface area contributed by atoms with E-state index in [1.807, 2.05) is 24.5 Å². The summed E-state index contributed by atoms with van der Waals surface area (Å²) in [6.07, 6.45) is 6.14. The van der Waals surface area contributed by atoms with Gasteiger partial charge in [-0.3, -0.25) is 9.78 Å². The zero-order valence-corrected chi connectivity index (χ0v) is 13.6. The Morgan fingerprint density at radius 3 is 2.91 bits per heavy atom. The molecular formula is C19H19N3O. The molecule has 0 saturated heterocycles. The highest BCUT2D eigenvalue weighted by Crippen LogP contribution is 2.68. The lowest BCUT2D eigenvalue weighted by Crippen LogP contribution is -2.33. The molecule has 4 nitrogen and oxygen atoms in total. The fourth-order valence-corrected chi connectivity index (χ4v) is 5.14. The van der Waals surface area contributed by atoms with Crippen LogP contribution in [0.4, 0.5) is 0 Å². The van der Waals surface area contributed by atoms with Gasteiger partial charge in [0, 0.05) is 40.5 Å². The first kappa shape index (κ1) is 13.2. The average Bonchev–Trinajstić information content (AvgIpc) is 2.87. The van der Waals surface area contributed by atoms with Crippen LogP contribution >= 0.6 is 0 Å². The second-order valence-corrected chi connectivity index (χ2v) is 7.77. The van der Waals surface area contributed by atoms with E-state index in [9.17, 15) is 4.79 Å². The van der Waals surface area contributed by atoms with Crippen molar-refractivity contribution in [3.63, 3.8) is 0 Å². The van der Waals surface area contributed by atoms with Gasteiger partial charge in [0.1, 0.15) is 0 Å². The van der Waals surface area contributed by atoms with Crippen LogP contribution in [0.3, 0.4) is 0 Å². The van der Waals surface area contributed by atoms with Gasteiger partial charge in [-0.2, -0.15) is 4.98 Å². The third-order valence-corrected chi connectivity index (χ3v) is 6.71. The molecule has 116 valence electrons. The molecule has 2 aliphatic rings. The van der Waals surface area contributed by atoms with Crippen LogP contribution in [0.15, 0.2) is 35.4 Å². The monoisotopic (exact) mass is 305 g/mol. The molecule has 1 saturated carbocycles. The largest absolute Gasteiger partial charge is 0.304 e. The van der Waals surface area contributed by atoms with Crippen LogP contribution in [0.2, 0.25) is 0 Å². The van der Waals surface area contributed by atoms with E-state index in [4.69, 9.17) is 4.98 Å². The van der Waals surface area contributed by atoms with Gasteiger partial charge in [0.2, 0.25) is 0 Å². The van der Waals surface area contributed by atoms with Gasteiger partial charge in [-0.1, -0.05) is 20.8 Å². The van der Waals surface area contributed by atoms with Crippen molar-refractivity contribution < 1.29 is 0 Å². The fraction of sp³-hybridized carbons (Fsp3) is 0.421. The standard InChI is InChI=1S/C19H19N3O/c1-18(2)12-6-8-19(18,3)16-14(12)15-11(5-4-9-20-15)17-21-13(23)7-10-22(16)17/h4-5,7,9-10,12H,6,8H2,1-3H3. The quantitative estimate of drug-likeness (QED) is 0.598. The highest BCUT2D eigenvalue weighted by atomic mass is 16.1. The molecule has 3 aromatic rings. The van der Waals surface area contributed by atoms with Crippen LogP contribution in [0, 0.1) is 5.41 Å². The molecule has 2 unspecified atom stereocenters. The highest BCUT2D eigenvalue weighted by Gasteiger charge is 2.61. The first-order valence-corrected chi connectivity index (χ1v) is 8.26. The summed E-state index contributed by atoms with van der Waals surface area (Å²) >= 11 is 0. The fourth-order valence-electron chi connectivity index (χ4n) is 5.14. The van der Waals surface area contributed by atoms with Gasteiger partial charge in [0.15, 0.2) is 5.65 Å². The molecule has 3 aromatic heterocycles. The van der Waals surface area contributed by atoms with E-state index in [0.29, 0.717) is 5.92 Å². The van der Waals surface area contributed by atoms with Gasteiger partial charge in [-0.15, -0.1) is 0 Å². The summed E-state index contributed by atoms with van der Waals surface area (Å²) in [5.41, 5.74) is 4.55. The van der Waals surface area contributed by atoms with Crippen LogP contribution in [-0.2, 0) is 5.41 Å². The minimum atomic E-state index is -0.192. The highest BCUT2D eigenvalue weighted by molar-refractivity contribution is 5.95. The number of hydrogen-bond donors (Lipinski definition) is 0. The Morgan fingerprint density at radius 2 is 2.09 bits per heavy atom. The summed E-state index contributed by atoms with van der Waals surface area (Å²) in [5.74, 6) is 0.517. The van der Waals surface area contributed by atoms with Crippen LogP contribution in [0.5, 0.6) is 0 Å². The first-order valence-electron chi connectivity index (χ1n) is 8.26. The summed E-state index contributed by atoms with van der Waals surface area (Å²) in [7, 11) is 0. The molecule has 0 aromatic carbocycles. The molecule has 2 atom stereocenters. The van der Waals surface area contributed by atoms with E-state index in [1.165, 1.54) is 24.1 Å². The molecule has 5 rings (SSSR count). The number of aromatic nitrogens is 3. The van der Waals surface area contributed by atoms with Crippen molar-refractivity contribution in [3.8, 4) is 0 Å². The van der Waals surface area contributed by atoms with Gasteiger partial charge in [-0.05, 0) is 36.3 Å². The molecule has 3 heterocycles. The SMILES string of the molecule is CC12CCC(c3c1n1ccc(=O)nc1c1cccnc31)C2(C)C. The maximum Gasteiger partial charge on any atom is 0.273 e. The minimum absolute atomic E-state index is 0.0910. The van der Waals surface area contributed by atoms with E-state index >= 15 is 0 Å². The van der Waals surface area contributed by atoms with Gasteiger partial charge in [-0.25, -0.2) is 0 Å². The van der Waals surface area contributed by atoms with Gasteiger partial charge in [0.25, 0.3) is 5.56 Å². The van der Waals surface area contributed by atoms with Crippen molar-refractivity contribution in [1.29, 1.82) is 0 Å². The summed E-state index contributed by atoms with van der Waals surface area (Å²) in [4.78, 5) is 20.9. The molecule has 1 fully saturated rings. The molecule has 2 bridgehead atoms. The van der Waals surface area contributed by atoms with Gasteiger partial charge < -0.3 is 4.40 Å². The van der Waals surface area contributed by atoms with Crippen molar-refractivity contribution in [2.45, 2.75) is 44.9 Å². The molecule has 23 heavy (non-hydrogen) atoms. The third kappa shape index (κ3) is 1.32. The second-order valence-electron chi connectivity index (χ2n) is 7.77. The summed E-state index contributed by atoms with van der Waals surface area (Å²) in [6, 6.07) is 5.53. The van der Waals surface area contributed by atoms with E-state index in [1.54, 1.807) is 6.07 Å². The van der Waals surface area contributed by atoms with E-state index in [2.05, 4.69) is 30.2 Å². The maximum absolute atomic E-state index is 11.8. The molecule has 0 aliphatic heterocycles. The Hall–Kier alpha value is -2.23. The van der Waals surface area contributed by atoms with Crippen LogP contribution in [0.25, 0.3) is 16.6 Å². The lowest BCUT2D eigenvalue weighted by atomic mass is 9.70. The number of nitrogens with zero attached hydrogens (tertiary/aromatic N) is 3. The third-order valence-electron chi connectivity index (χ3n) is 6.71. The predicted octanol–water partition coefficient (Wildman–Crippen LogP) is 3.42. The van der Waals surface area contributed by atoms with Crippen LogP contribution in [0.1, 0.15) is 50.8 Å². The Balaban J connectivity index is 2.10. The molecule has 2 aliphatic carbocycles. The lowest BCUT2D eigenvalue weighted by Gasteiger charge is -2.35. The van der Waals surface area contributed by atoms with Crippen molar-refractivity contribution in [2.75, 3.05) is 0 Å². The number of pyridine rings is 2. The summed E-state index contributed by atoms with van der Waals surface area (Å²) in [5, 5.41) is 0.982. The number of fused-ring (bicyclic) bond motifs is 10. The molecule has 4 heteroatoms. The summed E-state index contributed by atoms with van der Waals surface area (Å²) < 4.78 is 2.15. The predicted molar refractivity (Wildman–Crippen MR) is 89.9 cm³/mol. The normalized spacial score (nSPS) is 27.7. The Bertz CT molecular complexity index is 1050. The smallest absolute Gasteiger partial charge is 0.273 e. The average molecular weight is 305 g/mol.